The molecule has 11 aromatic rings. The molecule has 9 aromatic carbocycles. The number of aromatic carboxylic acids is 4. The van der Waals surface area contributed by atoms with E-state index in [1.807, 2.05) is 42.5 Å². The van der Waals surface area contributed by atoms with Crippen molar-refractivity contribution in [3.8, 4) is 69.0 Å². The molecule has 0 saturated carbocycles. The third-order valence-electron chi connectivity index (χ3n) is 20.4. The quantitative estimate of drug-likeness (QED) is 0.0119. The first-order chi connectivity index (χ1) is 69.1. The number of hydrogen-bond acceptors (Lipinski definition) is 25. The molecule has 11 rings (SSSR count). The maximum absolute atomic E-state index is 13.2. The molecule has 0 spiro atoms. The molecule has 29 nitrogen and oxygen atoms in total. The second kappa shape index (κ2) is 67.2. The van der Waals surface area contributed by atoms with Gasteiger partial charge >= 0.3 is 47.8 Å². The van der Waals surface area contributed by atoms with Crippen molar-refractivity contribution in [3.63, 3.8) is 0 Å². The Morgan fingerprint density at radius 1 is 0.231 bits per heavy atom. The van der Waals surface area contributed by atoms with Crippen molar-refractivity contribution in [2.75, 3.05) is 39.6 Å². The molecule has 2 aromatic heterocycles. The molecule has 0 fully saturated rings. The average Bonchev–Trinajstić information content (AvgIpc) is 1.33. The van der Waals surface area contributed by atoms with Gasteiger partial charge in [0.25, 0.3) is 21.0 Å². The zero-order chi connectivity index (χ0) is 104. The van der Waals surface area contributed by atoms with Crippen LogP contribution in [0.4, 0.5) is 0 Å². The Hall–Kier alpha value is -14.3. The van der Waals surface area contributed by atoms with Crippen molar-refractivity contribution in [2.24, 2.45) is 0 Å². The van der Waals surface area contributed by atoms with Crippen LogP contribution < -0.4 is 52.1 Å². The van der Waals surface area contributed by atoms with Gasteiger partial charge in [-0.2, -0.15) is 0 Å². The Kier molecular flexibility index (Phi) is 55.2. The molecular weight excluding hydrogens is 1930 g/mol. The van der Waals surface area contributed by atoms with E-state index in [-0.39, 0.29) is 108 Å². The molecule has 2 heterocycles. The van der Waals surface area contributed by atoms with Crippen LogP contribution in [0.25, 0.3) is 0 Å². The fourth-order valence-electron chi connectivity index (χ4n) is 13.0. The summed E-state index contributed by atoms with van der Waals surface area (Å²) in [6.45, 7) is 15.0. The van der Waals surface area contributed by atoms with E-state index >= 15 is 0 Å². The minimum absolute atomic E-state index is 0.0180. The molecule has 143 heavy (non-hydrogen) atoms. The lowest BCUT2D eigenvalue weighted by Crippen LogP contribution is -2.17. The number of carboxylic acids is 4. The van der Waals surface area contributed by atoms with Crippen molar-refractivity contribution in [3.05, 3.63) is 298 Å². The van der Waals surface area contributed by atoms with Crippen LogP contribution in [0.5, 0.6) is 69.0 Å². The van der Waals surface area contributed by atoms with Crippen molar-refractivity contribution in [2.45, 2.75) is 196 Å². The molecule has 0 aliphatic carbocycles. The van der Waals surface area contributed by atoms with Gasteiger partial charge in [0, 0.05) is 0 Å². The highest BCUT2D eigenvalue weighted by Crippen LogP contribution is 2.41. The number of unbranched alkanes of at least 4 members (excludes halogenated alkanes) is 18. The fourth-order valence-corrected chi connectivity index (χ4v) is 13.5. The maximum atomic E-state index is 13.2. The maximum Gasteiger partial charge on any atom is 0.371 e. The van der Waals surface area contributed by atoms with E-state index in [0.717, 1.165) is 166 Å². The molecule has 0 radical (unpaired) electrons. The van der Waals surface area contributed by atoms with E-state index in [9.17, 15) is 67.7 Å². The number of carbonyl (C=O) groups is 12. The lowest BCUT2D eigenvalue weighted by Gasteiger charge is -2.19. The summed E-state index contributed by atoms with van der Waals surface area (Å²) >= 11 is 21.4. The number of benzene rings is 9. The minimum Gasteiger partial charge on any atom is -0.489 e. The number of esters is 4. The van der Waals surface area contributed by atoms with Crippen LogP contribution in [0.15, 0.2) is 239 Å². The van der Waals surface area contributed by atoms with Crippen LogP contribution in [0.1, 0.15) is 321 Å². The molecule has 0 aliphatic heterocycles. The summed E-state index contributed by atoms with van der Waals surface area (Å²) in [5.41, 5.74) is 1.05. The molecule has 0 bridgehead atoms. The number of furan rings is 2. The molecule has 0 saturated heterocycles. The van der Waals surface area contributed by atoms with Gasteiger partial charge in [-0.05, 0) is 224 Å². The molecule has 0 amide bonds. The van der Waals surface area contributed by atoms with E-state index < -0.39 is 68.7 Å². The molecule has 0 atom stereocenters. The second-order valence-electron chi connectivity index (χ2n) is 31.5. The van der Waals surface area contributed by atoms with E-state index in [2.05, 4.69) is 50.4 Å². The molecule has 4 N–H and O–H groups in total. The van der Waals surface area contributed by atoms with E-state index in [1.165, 1.54) is 66.7 Å². The summed E-state index contributed by atoms with van der Waals surface area (Å²) in [5, 5.41) is 32.6. The van der Waals surface area contributed by atoms with Crippen molar-refractivity contribution < 1.29 is 139 Å². The number of carbonyl (C=O) groups excluding carboxylic acids is 8. The fraction of sp³-hybridized carbons (Fsp3) is 0.327. The van der Waals surface area contributed by atoms with Gasteiger partial charge in [-0.1, -0.05) is 248 Å². The van der Waals surface area contributed by atoms with E-state index in [1.54, 1.807) is 109 Å². The van der Waals surface area contributed by atoms with Gasteiger partial charge in [0.2, 0.25) is 11.5 Å². The Bertz CT molecular complexity index is 5390. The number of carboxylic acid groups (broad SMARTS) is 4. The number of halogens is 4. The average molecular weight is 2050 g/mol. The van der Waals surface area contributed by atoms with Crippen LogP contribution in [0, 0.1) is 0 Å². The first-order valence-electron chi connectivity index (χ1n) is 47.3. The topological polar surface area (TPSA) is 414 Å². The molecule has 33 heteroatoms. The Morgan fingerprint density at radius 3 is 0.713 bits per heavy atom. The molecular formula is C110H120Cl4O29. The normalized spacial score (nSPS) is 10.3. The second-order valence-corrected chi connectivity index (χ2v) is 32.9. The molecule has 762 valence electrons. The van der Waals surface area contributed by atoms with Crippen LogP contribution in [0.3, 0.4) is 0 Å². The van der Waals surface area contributed by atoms with Crippen LogP contribution >= 0.6 is 46.4 Å². The van der Waals surface area contributed by atoms with Gasteiger partial charge in [-0.3, -0.25) is 19.2 Å². The van der Waals surface area contributed by atoms with Gasteiger partial charge in [0.15, 0.2) is 46.0 Å². The predicted molar refractivity (Wildman–Crippen MR) is 542 cm³/mol. The first kappa shape index (κ1) is 117. The summed E-state index contributed by atoms with van der Waals surface area (Å²) in [4.78, 5) is 140. The largest absolute Gasteiger partial charge is 0.489 e. The van der Waals surface area contributed by atoms with Gasteiger partial charge < -0.3 is 81.4 Å². The summed E-state index contributed by atoms with van der Waals surface area (Å²) < 4.78 is 72.3. The summed E-state index contributed by atoms with van der Waals surface area (Å²) in [6, 6.07) is 61.9. The lowest BCUT2D eigenvalue weighted by atomic mass is 10.1. The zero-order valence-corrected chi connectivity index (χ0v) is 83.7. The van der Waals surface area contributed by atoms with E-state index in [4.69, 9.17) is 109 Å². The summed E-state index contributed by atoms with van der Waals surface area (Å²) in [6.07, 6.45) is 24.1. The lowest BCUT2D eigenvalue weighted by molar-refractivity contribution is 0.0623. The van der Waals surface area contributed by atoms with Crippen molar-refractivity contribution in [1.29, 1.82) is 0 Å². The third kappa shape index (κ3) is 42.6. The molecule has 0 unspecified atom stereocenters. The minimum atomic E-state index is -1.28. The Labute approximate surface area is 851 Å². The number of para-hydroxylation sites is 5. The number of ether oxygens (including phenoxy) is 11. The van der Waals surface area contributed by atoms with Crippen LogP contribution in [-0.4, -0.2) is 129 Å². The van der Waals surface area contributed by atoms with Crippen LogP contribution in [0.2, 0.25) is 0 Å². The van der Waals surface area contributed by atoms with Gasteiger partial charge in [0.05, 0.1) is 56.3 Å². The highest BCUT2D eigenvalue weighted by atomic mass is 35.5. The van der Waals surface area contributed by atoms with Gasteiger partial charge in [-0.25, -0.2) is 38.4 Å². The van der Waals surface area contributed by atoms with Gasteiger partial charge in [-0.15, -0.1) is 0 Å². The molecule has 0 aliphatic rings. The third-order valence-corrected chi connectivity index (χ3v) is 21.2. The number of rotatable bonds is 54. The zero-order valence-electron chi connectivity index (χ0n) is 80.7. The SMILES string of the molecule is CCCCCCOc1c(C(=O)Cl)ccc(C(=O)Cl)c1OCCCCCC.CCCCCCOc1c(C(=O)O)ccc(C(=O)O)c1OCCCCCC.CCCCCCOc1c(C(=O)Oc2ccccc2)ccc(C(=O)Oc2ccccc2)c1OCCCCCC.O=C(Cl)c1ccc(C(=O)Cl)o1.O=C(O)c1ccc(C(=O)O)o1.O=C(Oc1ccccc1)c1ccc(C(=O)Oc2ccccc2)c(Oc2ccccc2)c1. The van der Waals surface area contributed by atoms with E-state index in [0.29, 0.717) is 68.4 Å². The van der Waals surface area contributed by atoms with Crippen molar-refractivity contribution in [1.82, 2.24) is 0 Å². The monoisotopic (exact) mass is 2040 g/mol. The highest BCUT2D eigenvalue weighted by Gasteiger charge is 2.30. The first-order valence-corrected chi connectivity index (χ1v) is 48.8. The Balaban J connectivity index is 0.000000274. The summed E-state index contributed by atoms with van der Waals surface area (Å²) in [5.74, 6) is -4.89. The summed E-state index contributed by atoms with van der Waals surface area (Å²) in [7, 11) is 0. The predicted octanol–water partition coefficient (Wildman–Crippen LogP) is 28.0. The smallest absolute Gasteiger partial charge is 0.371 e. The number of hydrogen-bond donors (Lipinski definition) is 4. The Morgan fingerprint density at radius 2 is 0.462 bits per heavy atom. The standard InChI is InChI=1S/C32H38O6.C26H18O5.C20H28Cl2O4.C20H30O6.C6H2Cl2O3.C6H4O5/c1-3-5-7-15-23-35-29-27(31(33)37-25-17-11-9-12-18-25)21-22-28(30(29)36-24-16-8-6-4-2)32(34)38-26-19-13-10-14-20-26;27-25(30-21-12-6-2-7-13-21)19-16-17-23(26(28)31-22-14-8-3-9-15-22)24(18-19)29-20-10-4-1-5-11-20;1-3-5-7-9-13-25-17-15(19(21)23)11-12-16(20(22)24)18(17)26-14-10-8-6-4-2;1-3-5-7-9-13-25-17-15(19(21)22)11-12-16(20(23)24)18(17)26-14-10-8-6-4-2;7-5(9)3-1-2-4(11-3)6(8)10;7-5(8)3-1-2-4(11-3)6(9)10/h9-14,17-22H,3-8,15-16,23-24H2,1-2H3;1-18H;11-12H,3-10,13-14H2,1-2H3;11-12H,3-10,13-14H2,1-2H3,(H,21,22)(H,23,24);1-2H;1-2H,(H,7,8)(H,9,10). The van der Waals surface area contributed by atoms with Crippen LogP contribution in [-0.2, 0) is 0 Å². The van der Waals surface area contributed by atoms with Gasteiger partial charge in [0.1, 0.15) is 62.3 Å². The highest BCUT2D eigenvalue weighted by molar-refractivity contribution is 6.69. The van der Waals surface area contributed by atoms with Crippen molar-refractivity contribution >= 4 is 115 Å².